The maximum Gasteiger partial charge on any atom is 0.326 e. The molecule has 41 heteroatoms. The number of phenols is 1. The summed E-state index contributed by atoms with van der Waals surface area (Å²) < 4.78 is -1.46. The van der Waals surface area contributed by atoms with E-state index in [9.17, 15) is 92.7 Å². The fourth-order valence-corrected chi connectivity index (χ4v) is 11.0. The fourth-order valence-electron chi connectivity index (χ4n) is 10.8. The minimum Gasteiger partial charge on any atom is -0.508 e. The van der Waals surface area contributed by atoms with Gasteiger partial charge in [0, 0.05) is 30.7 Å². The molecule has 16 atom stereocenters. The number of carboxylic acid groups (broad SMARTS) is 1. The van der Waals surface area contributed by atoms with Crippen LogP contribution in [0.3, 0.4) is 0 Å². The Morgan fingerprint density at radius 3 is 1.49 bits per heavy atom. The summed E-state index contributed by atoms with van der Waals surface area (Å²) in [5.41, 5.74) is 45.8. The number of phenolic OH excluding ortho intramolecular Hbond substituents is 1. The topological polar surface area (TPSA) is 696 Å². The molecule has 0 aliphatic carbocycles. The molecule has 1 saturated heterocycles. The molecule has 0 radical (unpaired) electrons. The number of hydrogen-bond donors (Lipinski definition) is 25. The Kier molecular flexibility index (Phi) is 40.4. The Hall–Kier alpha value is -9.10. The number of likely N-dealkylation sites (tertiary alicyclic amines) is 1. The predicted molar refractivity (Wildman–Crippen MR) is 389 cm³/mol. The van der Waals surface area contributed by atoms with Crippen LogP contribution >= 0.6 is 12.6 Å². The van der Waals surface area contributed by atoms with Crippen LogP contribution in [0.4, 0.5) is 0 Å². The number of rotatable bonds is 48. The van der Waals surface area contributed by atoms with Gasteiger partial charge < -0.3 is 135 Å². The minimum absolute atomic E-state index is 0.0150. The van der Waals surface area contributed by atoms with Crippen LogP contribution in [0.1, 0.15) is 125 Å². The quantitative estimate of drug-likeness (QED) is 0.0125. The van der Waals surface area contributed by atoms with Gasteiger partial charge in [0.25, 0.3) is 0 Å². The lowest BCUT2D eigenvalue weighted by Crippen LogP contribution is -2.64. The number of unbranched alkanes of at least 4 members (excludes halogenated alkanes) is 1. The van der Waals surface area contributed by atoms with Gasteiger partial charge >= 0.3 is 5.97 Å². The highest BCUT2D eigenvalue weighted by molar-refractivity contribution is 7.81. The highest BCUT2D eigenvalue weighted by Crippen LogP contribution is 2.24. The summed E-state index contributed by atoms with van der Waals surface area (Å²) in [7, 11) is 0. The molecule has 1 aromatic carbocycles. The third-order valence-corrected chi connectivity index (χ3v) is 17.5. The number of aromatic hydroxyl groups is 1. The molecule has 1 aliphatic heterocycles. The van der Waals surface area contributed by atoms with E-state index in [2.05, 4.69) is 76.1 Å². The number of primary amides is 1. The third-order valence-electron chi connectivity index (χ3n) is 17.2. The Morgan fingerprint density at radius 1 is 0.575 bits per heavy atom. The number of nitrogens with two attached hydrogens (primary N) is 8. The number of nitrogens with one attached hydrogen (secondary N) is 11. The van der Waals surface area contributed by atoms with E-state index in [-0.39, 0.29) is 102 Å². The van der Waals surface area contributed by atoms with Crippen molar-refractivity contribution in [1.29, 1.82) is 0 Å². The first-order chi connectivity index (χ1) is 49.7. The van der Waals surface area contributed by atoms with Crippen molar-refractivity contribution in [2.45, 2.75) is 221 Å². The number of carboxylic acids is 1. The normalized spacial score (nSPS) is 17.5. The summed E-state index contributed by atoms with van der Waals surface area (Å²) >= 11 is 4.61. The SMILES string of the molecule is CC[C@H](C)[C@H](NC(=O)[C@@H]1C[C@@H](O)CN1C(=O)[C@@H](N)C(C)C)C(=O)N[C@H](C(=O)N[C@@H](Cc1ccc(O)cc1)C(=O)N[C@@H](CO)C(=O)N[C@@H](CC(N)=O)C(=O)N[C@@H](CCCN=C(N)N)C(=O)N[C@@H](CCN)C(=O)N[C@H](C(=O)N[C@H](CCN)C(=O)N[C@@H](CCCCN)C(=O)N[C@@H](CCN)C(=O)O)[C@@H](C)O)C(C)(C)S. The molecule has 0 aromatic heterocycles. The van der Waals surface area contributed by atoms with E-state index in [0.717, 1.165) is 11.8 Å². The molecule has 1 aromatic rings. The summed E-state index contributed by atoms with van der Waals surface area (Å²) in [4.78, 5) is 198. The van der Waals surface area contributed by atoms with E-state index in [1.807, 2.05) is 0 Å². The van der Waals surface area contributed by atoms with Crippen molar-refractivity contribution in [3.05, 3.63) is 29.8 Å². The van der Waals surface area contributed by atoms with Gasteiger partial charge in [-0.1, -0.05) is 46.2 Å². The van der Waals surface area contributed by atoms with E-state index >= 15 is 0 Å². The average molecular weight is 1520 g/mol. The van der Waals surface area contributed by atoms with E-state index < -0.39 is 204 Å². The zero-order valence-corrected chi connectivity index (χ0v) is 61.9. The molecule has 1 aliphatic rings. The molecule has 0 unspecified atom stereocenters. The smallest absolute Gasteiger partial charge is 0.326 e. The van der Waals surface area contributed by atoms with Crippen LogP contribution in [-0.2, 0) is 73.5 Å². The summed E-state index contributed by atoms with van der Waals surface area (Å²) in [6, 6.07) is -15.1. The number of β-amino-alcohol motifs (C(OH)–C–C–N with tert-alkyl or cyclic N) is 1. The van der Waals surface area contributed by atoms with Crippen LogP contribution in [0.5, 0.6) is 5.75 Å². The maximum atomic E-state index is 14.6. The van der Waals surface area contributed by atoms with Gasteiger partial charge in [-0.3, -0.25) is 67.3 Å². The molecular formula is C65H113N21O19S. The van der Waals surface area contributed by atoms with Crippen molar-refractivity contribution in [2.75, 3.05) is 45.9 Å². The average Bonchev–Trinajstić information content (AvgIpc) is 1.60. The first-order valence-electron chi connectivity index (χ1n) is 34.9. The minimum atomic E-state index is -2.01. The molecular weight excluding hydrogens is 1410 g/mol. The molecule has 1 fully saturated rings. The van der Waals surface area contributed by atoms with Crippen LogP contribution in [0.2, 0.25) is 0 Å². The lowest BCUT2D eigenvalue weighted by molar-refractivity contribution is -0.142. The van der Waals surface area contributed by atoms with Crippen molar-refractivity contribution >= 4 is 101 Å². The van der Waals surface area contributed by atoms with Crippen LogP contribution < -0.4 is 104 Å². The first-order valence-corrected chi connectivity index (χ1v) is 35.4. The monoisotopic (exact) mass is 1520 g/mol. The molecule has 1 heterocycles. The number of guanidine groups is 1. The Morgan fingerprint density at radius 2 is 1.02 bits per heavy atom. The molecule has 106 heavy (non-hydrogen) atoms. The van der Waals surface area contributed by atoms with E-state index in [0.29, 0.717) is 24.8 Å². The second-order valence-corrected chi connectivity index (χ2v) is 28.0. The number of aliphatic hydroxyl groups is 3. The summed E-state index contributed by atoms with van der Waals surface area (Å²) in [5.74, 6) is -16.4. The summed E-state index contributed by atoms with van der Waals surface area (Å²) in [6.07, 6.45) is -4.53. The molecule has 0 bridgehead atoms. The molecule has 2 rings (SSSR count). The lowest BCUT2D eigenvalue weighted by atomic mass is 9.95. The van der Waals surface area contributed by atoms with Gasteiger partial charge in [0.15, 0.2) is 5.96 Å². The van der Waals surface area contributed by atoms with E-state index in [1.165, 1.54) is 38.1 Å². The Bertz CT molecular complexity index is 3160. The highest BCUT2D eigenvalue weighted by atomic mass is 32.1. The molecule has 0 spiro atoms. The molecule has 40 nitrogen and oxygen atoms in total. The lowest BCUT2D eigenvalue weighted by Gasteiger charge is -2.34. The Balaban J connectivity index is 2.51. The molecule has 0 saturated carbocycles. The highest BCUT2D eigenvalue weighted by Gasteiger charge is 2.45. The number of thiol groups is 1. The summed E-state index contributed by atoms with van der Waals surface area (Å²) in [6.45, 7) is 8.84. The number of aliphatic carboxylic acids is 1. The van der Waals surface area contributed by atoms with Gasteiger partial charge in [-0.25, -0.2) is 4.79 Å². The van der Waals surface area contributed by atoms with Crippen LogP contribution in [0.15, 0.2) is 29.3 Å². The van der Waals surface area contributed by atoms with Crippen molar-refractivity contribution < 1.29 is 92.7 Å². The summed E-state index contributed by atoms with van der Waals surface area (Å²) in [5, 5.41) is 78.5. The van der Waals surface area contributed by atoms with Gasteiger partial charge in [0.1, 0.15) is 78.3 Å². The number of carbonyl (C=O) groups excluding carboxylic acids is 13. The number of benzene rings is 1. The molecule has 13 amide bonds. The van der Waals surface area contributed by atoms with Gasteiger partial charge in [-0.2, -0.15) is 12.6 Å². The van der Waals surface area contributed by atoms with Crippen molar-refractivity contribution in [3.8, 4) is 5.75 Å². The zero-order chi connectivity index (χ0) is 80.5. The van der Waals surface area contributed by atoms with Crippen LogP contribution in [0.25, 0.3) is 0 Å². The number of nitrogens with zero attached hydrogens (tertiary/aromatic N) is 2. The molecule has 32 N–H and O–H groups in total. The van der Waals surface area contributed by atoms with Gasteiger partial charge in [-0.15, -0.1) is 0 Å². The van der Waals surface area contributed by atoms with Crippen molar-refractivity contribution in [1.82, 2.24) is 63.4 Å². The van der Waals surface area contributed by atoms with Crippen LogP contribution in [-0.4, -0.2) is 261 Å². The number of amides is 13. The van der Waals surface area contributed by atoms with Crippen LogP contribution in [0, 0.1) is 11.8 Å². The first kappa shape index (κ1) is 93.0. The van der Waals surface area contributed by atoms with E-state index in [1.54, 1.807) is 27.7 Å². The van der Waals surface area contributed by atoms with Gasteiger partial charge in [0.05, 0.1) is 31.3 Å². The van der Waals surface area contributed by atoms with E-state index in [4.69, 9.17) is 45.9 Å². The predicted octanol–water partition coefficient (Wildman–Crippen LogP) is -9.47. The number of hydrogen-bond acceptors (Lipinski definition) is 25. The number of carbonyl (C=O) groups is 14. The van der Waals surface area contributed by atoms with Gasteiger partial charge in [-0.05, 0) is 128 Å². The second kappa shape index (κ2) is 46.1. The Labute approximate surface area is 620 Å². The largest absolute Gasteiger partial charge is 0.508 e. The van der Waals surface area contributed by atoms with Crippen molar-refractivity contribution in [3.63, 3.8) is 0 Å². The third kappa shape index (κ3) is 31.1. The zero-order valence-electron chi connectivity index (χ0n) is 61.0. The molecule has 598 valence electrons. The standard InChI is InChI=1S/C65H113N21O19S/c1-8-32(4)48(83-58(99)45-27-36(90)29-86(45)62(103)47(71)31(2)3)59(100)85-50(65(6,7)106)61(102)81-42(26-34-14-16-35(89)17-15-34)55(96)82-44(30-87)57(98)80-43(28-46(70)91)56(97)76-38(13-11-25-74-64(72)73)51(92)77-40(19-23-68)54(95)84-49(33(5)88)60(101)78-39(18-22-67)53(94)75-37(12-9-10-21-66)52(93)79-41(20-24-69)63(104)105/h14-17,31-33,36-45,47-50,87-90,106H,8-13,18-30,66-69,71H2,1-7H3,(H2,70,91)(H,75,94)(H,76,97)(H,77,92)(H,78,101)(H,79,93)(H,80,98)(H,81,102)(H,82,96)(H,83,99)(H,84,95)(H,85,100)(H,104,105)(H4,72,73,74)/t32-,33+,36+,37-,38-,39+,40-,41-,42-,43-,44-,45-,47-,48-,49-,50+/m0/s1. The number of aliphatic hydroxyl groups excluding tert-OH is 3. The second-order valence-electron chi connectivity index (χ2n) is 26.9. The fraction of sp³-hybridized carbons (Fsp3) is 0.677. The maximum absolute atomic E-state index is 14.6. The number of aliphatic imine (C=N–C) groups is 1. The van der Waals surface area contributed by atoms with Crippen molar-refractivity contribution in [2.24, 2.45) is 62.7 Å². The van der Waals surface area contributed by atoms with Gasteiger partial charge in [0.2, 0.25) is 76.8 Å².